The molecule has 8 aliphatic heterocycles. The molecule has 0 atom stereocenters. The van der Waals surface area contributed by atoms with Gasteiger partial charge in [-0.2, -0.15) is 0 Å². The lowest BCUT2D eigenvalue weighted by atomic mass is 9.94. The van der Waals surface area contributed by atoms with Crippen molar-refractivity contribution in [3.63, 3.8) is 0 Å². The second-order valence-corrected chi connectivity index (χ2v) is 23.0. The van der Waals surface area contributed by atoms with Crippen molar-refractivity contribution in [2.24, 2.45) is 0 Å². The maximum Gasteiger partial charge on any atom is 0.277 e. The van der Waals surface area contributed by atoms with Gasteiger partial charge in [0, 0.05) is 23.1 Å². The Bertz CT molecular complexity index is 4050. The summed E-state index contributed by atoms with van der Waals surface area (Å²) in [6.45, 7) is 2.30. The summed E-state index contributed by atoms with van der Waals surface area (Å²) in [6.07, 6.45) is 6.16. The smallest absolute Gasteiger partial charge is 0.277 e. The Kier molecular flexibility index (Phi) is 11.8. The molecule has 27 heteroatoms. The third kappa shape index (κ3) is 8.21. The van der Waals surface area contributed by atoms with E-state index in [1.807, 2.05) is 24.3 Å². The van der Waals surface area contributed by atoms with Gasteiger partial charge in [-0.15, -0.1) is 55.7 Å². The molecule has 81 heavy (non-hydrogen) atoms. The number of aromatic nitrogens is 10. The highest BCUT2D eigenvalue weighted by molar-refractivity contribution is 8.00. The van der Waals surface area contributed by atoms with Gasteiger partial charge in [0.25, 0.3) is 11.8 Å². The van der Waals surface area contributed by atoms with E-state index in [-0.39, 0.29) is 84.0 Å². The molecule has 8 aliphatic rings. The van der Waals surface area contributed by atoms with Crippen molar-refractivity contribution in [1.29, 1.82) is 0 Å². The maximum absolute atomic E-state index is 14.1. The molecule has 1 radical (unpaired) electrons. The minimum atomic E-state index is -0.366. The third-order valence-corrected chi connectivity index (χ3v) is 17.9. The van der Waals surface area contributed by atoms with Gasteiger partial charge in [-0.1, -0.05) is 11.8 Å². The minimum Gasteiger partial charge on any atom is -0.491 e. The van der Waals surface area contributed by atoms with Gasteiger partial charge in [-0.05, 0) is 54.8 Å². The molecule has 0 unspecified atom stereocenters. The van der Waals surface area contributed by atoms with Crippen LogP contribution in [-0.2, 0) is 16.0 Å². The molecule has 0 bridgehead atoms. The van der Waals surface area contributed by atoms with Gasteiger partial charge in [0.15, 0.2) is 52.7 Å². The minimum absolute atomic E-state index is 0.104. The van der Waals surface area contributed by atoms with Gasteiger partial charge in [-0.3, -0.25) is 14.6 Å². The van der Waals surface area contributed by atoms with E-state index in [2.05, 4.69) is 21.6 Å². The molecule has 0 fully saturated rings. The van der Waals surface area contributed by atoms with E-state index in [0.29, 0.717) is 157 Å². The first-order valence-corrected chi connectivity index (χ1v) is 29.6. The summed E-state index contributed by atoms with van der Waals surface area (Å²) >= 11 is 5.99. The summed E-state index contributed by atoms with van der Waals surface area (Å²) in [5, 5.41) is 22.3. The lowest BCUT2D eigenvalue weighted by molar-refractivity contribution is -0.118. The molecule has 1 N–H and O–H groups in total. The Morgan fingerprint density at radius 3 is 2.32 bits per heavy atom. The number of thioether (sulfide) groups is 4. The van der Waals surface area contributed by atoms with Crippen molar-refractivity contribution in [1.82, 2.24) is 50.3 Å². The van der Waals surface area contributed by atoms with Gasteiger partial charge in [-0.25, -0.2) is 29.8 Å². The molecular weight excluding hydrogens is 1120 g/mol. The molecule has 0 saturated carbocycles. The fraction of sp³-hybridized carbons (Fsp3) is 0.259. The summed E-state index contributed by atoms with van der Waals surface area (Å²) in [5.74, 6) is 5.39. The van der Waals surface area contributed by atoms with Gasteiger partial charge in [0.2, 0.25) is 11.8 Å². The number of hydrogen-bond acceptors (Lipinski definition) is 25. The van der Waals surface area contributed by atoms with E-state index < -0.39 is 0 Å². The first-order chi connectivity index (χ1) is 40.0. The number of carbonyl (C=O) groups is 2. The van der Waals surface area contributed by atoms with Crippen molar-refractivity contribution in [2.45, 2.75) is 32.4 Å². The first-order valence-electron chi connectivity index (χ1n) is 25.7. The fourth-order valence-electron chi connectivity index (χ4n) is 10.5. The molecule has 0 aromatic carbocycles. The van der Waals surface area contributed by atoms with E-state index >= 15 is 0 Å². The van der Waals surface area contributed by atoms with Crippen LogP contribution in [0.2, 0.25) is 0 Å². The molecule has 403 valence electrons. The zero-order valence-electron chi connectivity index (χ0n) is 42.1. The lowest BCUT2D eigenvalue weighted by Gasteiger charge is -2.29. The number of hydrogen-bond donors (Lipinski definition) is 1. The Balaban J connectivity index is 0.959. The van der Waals surface area contributed by atoms with Crippen molar-refractivity contribution < 1.29 is 52.2 Å². The molecular formula is C54H37N12O11S4. The lowest BCUT2D eigenvalue weighted by Crippen LogP contribution is -2.33. The van der Waals surface area contributed by atoms with Crippen LogP contribution in [0.25, 0.3) is 67.9 Å². The molecule has 16 rings (SSSR count). The zero-order valence-corrected chi connectivity index (χ0v) is 45.3. The average molecular weight is 1160 g/mol. The van der Waals surface area contributed by atoms with Crippen molar-refractivity contribution in [3.05, 3.63) is 60.4 Å². The van der Waals surface area contributed by atoms with Crippen LogP contribution in [0.3, 0.4) is 0 Å². The monoisotopic (exact) mass is 1160 g/mol. The predicted molar refractivity (Wildman–Crippen MR) is 294 cm³/mol. The molecule has 2 amide bonds. The van der Waals surface area contributed by atoms with Crippen LogP contribution >= 0.6 is 47.0 Å². The second kappa shape index (κ2) is 19.7. The van der Waals surface area contributed by atoms with Crippen molar-refractivity contribution in [2.75, 3.05) is 86.3 Å². The number of aryl methyl sites for hydroxylation is 1. The van der Waals surface area contributed by atoms with Crippen LogP contribution in [0.4, 0.5) is 17.5 Å². The Hall–Kier alpha value is -8.40. The summed E-state index contributed by atoms with van der Waals surface area (Å²) in [6, 6.07) is 12.7. The van der Waals surface area contributed by atoms with E-state index in [1.54, 1.807) is 36.2 Å². The molecule has 0 saturated heterocycles. The maximum atomic E-state index is 14.1. The molecule has 0 spiro atoms. The van der Waals surface area contributed by atoms with Gasteiger partial charge in [0.1, 0.15) is 78.1 Å². The van der Waals surface area contributed by atoms with Crippen molar-refractivity contribution in [3.8, 4) is 120 Å². The fourth-order valence-corrected chi connectivity index (χ4v) is 14.0. The summed E-state index contributed by atoms with van der Waals surface area (Å²) in [4.78, 5) is 61.5. The number of ether oxygens (including phenoxy) is 9. The molecule has 8 aromatic rings. The molecule has 8 aromatic heterocycles. The van der Waals surface area contributed by atoms with Gasteiger partial charge in [0.05, 0.1) is 85.8 Å². The van der Waals surface area contributed by atoms with E-state index in [0.717, 1.165) is 22.6 Å². The molecule has 16 heterocycles. The summed E-state index contributed by atoms with van der Waals surface area (Å²) in [7, 11) is 0. The standard InChI is InChI=1S/C54H37N12O11S4/c67-34-21-76-28-4-6-33(59-51(28)60-34)66-35(68)22-80-32-5-3-25(58-52(32)66)36-41(62-64-53-47(36)72-12-13-74-53)37-42(63-65-54-50(37)79-17-15-75-54)38-43(61-40(48-49(38)81-23-77-48)26-19-29-30(20-56-26)70-11-10-69-29)44-45-24(2-1-9-71-45)18-27(57-44)39-46-31(7-8-55-39)78-16-14-73-46/h3-7,18-20H,1-2,9-17,21-23H2,(H,59,60,67). The number of carbonyl (C=O) groups excluding carboxylic acids is 2. The number of fused-ring (bicyclic) bond motifs is 8. The number of anilines is 3. The molecule has 0 aliphatic carbocycles. The van der Waals surface area contributed by atoms with Crippen LogP contribution in [0.1, 0.15) is 12.0 Å². The summed E-state index contributed by atoms with van der Waals surface area (Å²) in [5.41, 5.74) is 5.90. The largest absolute Gasteiger partial charge is 0.491 e. The van der Waals surface area contributed by atoms with E-state index in [1.165, 1.54) is 40.2 Å². The number of amides is 2. The number of nitrogens with one attached hydrogen (secondary N) is 1. The predicted octanol–water partition coefficient (Wildman–Crippen LogP) is 7.82. The second-order valence-electron chi connectivity index (χ2n) is 18.8. The van der Waals surface area contributed by atoms with Crippen LogP contribution in [0.5, 0.6) is 52.0 Å². The average Bonchev–Trinajstić information content (AvgIpc) is 4.24. The highest BCUT2D eigenvalue weighted by Crippen LogP contribution is 2.58. The number of pyridine rings is 6. The molecule has 23 nitrogen and oxygen atoms in total. The highest BCUT2D eigenvalue weighted by atomic mass is 32.2. The van der Waals surface area contributed by atoms with Gasteiger partial charge < -0.3 is 47.9 Å². The van der Waals surface area contributed by atoms with Crippen LogP contribution in [0.15, 0.2) is 68.2 Å². The highest BCUT2D eigenvalue weighted by Gasteiger charge is 2.40. The van der Waals surface area contributed by atoms with Crippen molar-refractivity contribution >= 4 is 76.3 Å². The van der Waals surface area contributed by atoms with Crippen LogP contribution < -0.4 is 52.8 Å². The van der Waals surface area contributed by atoms with E-state index in [9.17, 15) is 9.59 Å². The summed E-state index contributed by atoms with van der Waals surface area (Å²) < 4.78 is 56.2. The topological polar surface area (TPSA) is 261 Å². The Labute approximate surface area is 475 Å². The zero-order chi connectivity index (χ0) is 53.7. The SMILES string of the molecule is O=C1COc2ccc(N3C(=O)CSc4ccc(-c5c(-c6c(-c7c(-c8nc(-c9n[c]cc%10c9OCCS%10)cc9c8OCCC9)nc(-c8cc9c(cn8)OCCO9)c8c7SCO8)nnc7c6SCCO7)nnc6c5OCCO6)nc43)nc2N1. The normalized spacial score (nSPS) is 17.0. The first kappa shape index (κ1) is 48.5. The van der Waals surface area contributed by atoms with E-state index in [4.69, 9.17) is 82.8 Å². The Morgan fingerprint density at radius 2 is 1.37 bits per heavy atom. The van der Waals surface area contributed by atoms with Crippen LogP contribution in [0, 0.1) is 6.20 Å². The quantitative estimate of drug-likeness (QED) is 0.159. The van der Waals surface area contributed by atoms with Gasteiger partial charge >= 0.3 is 0 Å². The van der Waals surface area contributed by atoms with Crippen LogP contribution in [-0.4, -0.2) is 138 Å². The number of nitrogens with zero attached hydrogens (tertiary/aromatic N) is 11. The third-order valence-electron chi connectivity index (χ3n) is 13.9. The Morgan fingerprint density at radius 1 is 0.556 bits per heavy atom. The number of rotatable bonds is 7.